The molecule has 124 valence electrons. The lowest BCUT2D eigenvalue weighted by molar-refractivity contribution is -0.125. The summed E-state index contributed by atoms with van der Waals surface area (Å²) in [6, 6.07) is 5.19. The number of hydrogen-bond donors (Lipinski definition) is 2. The summed E-state index contributed by atoms with van der Waals surface area (Å²) in [6.45, 7) is 6.17. The van der Waals surface area contributed by atoms with E-state index in [1.807, 2.05) is 26.8 Å². The molecule has 0 radical (unpaired) electrons. The number of H-pyrrole nitrogens is 1. The number of nitrogens with one attached hydrogen (secondary N) is 2. The largest absolute Gasteiger partial charge is 0.357 e. The molecule has 1 amide bonds. The Labute approximate surface area is 134 Å². The molecule has 2 N–H and O–H groups in total. The minimum atomic E-state index is -2.48. The first kappa shape index (κ1) is 16.0. The van der Waals surface area contributed by atoms with Gasteiger partial charge in [0.25, 0.3) is 6.43 Å². The molecule has 1 aliphatic rings. The lowest BCUT2D eigenvalue weighted by Crippen LogP contribution is -2.29. The van der Waals surface area contributed by atoms with Gasteiger partial charge in [0.05, 0.1) is 6.54 Å². The Balaban J connectivity index is 1.85. The summed E-state index contributed by atoms with van der Waals surface area (Å²) in [6.07, 6.45) is -0.619. The van der Waals surface area contributed by atoms with E-state index < -0.39 is 6.43 Å². The quantitative estimate of drug-likeness (QED) is 0.828. The highest BCUT2D eigenvalue weighted by atomic mass is 19.3. The van der Waals surface area contributed by atoms with Crippen molar-refractivity contribution in [3.05, 3.63) is 35.0 Å². The molecule has 0 spiro atoms. The molecule has 1 fully saturated rings. The lowest BCUT2D eigenvalue weighted by Gasteiger charge is -2.12. The summed E-state index contributed by atoms with van der Waals surface area (Å²) in [5.74, 6) is 0.0944. The Morgan fingerprint density at radius 2 is 1.96 bits per heavy atom. The van der Waals surface area contributed by atoms with E-state index in [2.05, 4.69) is 10.3 Å². The van der Waals surface area contributed by atoms with Gasteiger partial charge in [-0.1, -0.05) is 20.8 Å². The van der Waals surface area contributed by atoms with Crippen LogP contribution in [0.2, 0.25) is 0 Å². The molecule has 23 heavy (non-hydrogen) atoms. The van der Waals surface area contributed by atoms with Crippen molar-refractivity contribution in [1.29, 1.82) is 0 Å². The van der Waals surface area contributed by atoms with Crippen LogP contribution >= 0.6 is 0 Å². The number of alkyl halides is 2. The summed E-state index contributed by atoms with van der Waals surface area (Å²) < 4.78 is 26.5. The Morgan fingerprint density at radius 3 is 2.52 bits per heavy atom. The van der Waals surface area contributed by atoms with Crippen molar-refractivity contribution in [3.63, 3.8) is 0 Å². The van der Waals surface area contributed by atoms with E-state index >= 15 is 0 Å². The Kier molecular flexibility index (Phi) is 3.90. The van der Waals surface area contributed by atoms with Gasteiger partial charge >= 0.3 is 0 Å². The molecule has 0 unspecified atom stereocenters. The van der Waals surface area contributed by atoms with Gasteiger partial charge < -0.3 is 10.3 Å². The van der Waals surface area contributed by atoms with Crippen molar-refractivity contribution in [2.24, 2.45) is 5.41 Å². The molecule has 0 saturated heterocycles. The number of rotatable bonds is 5. The zero-order chi connectivity index (χ0) is 16.8. The first-order chi connectivity index (χ1) is 10.8. The van der Waals surface area contributed by atoms with Crippen LogP contribution in [0.4, 0.5) is 8.78 Å². The van der Waals surface area contributed by atoms with Crippen LogP contribution in [-0.4, -0.2) is 10.9 Å². The summed E-state index contributed by atoms with van der Waals surface area (Å²) in [5.41, 5.74) is 2.21. The third kappa shape index (κ3) is 3.09. The normalized spacial score (nSPS) is 16.3. The highest BCUT2D eigenvalue weighted by Crippen LogP contribution is 2.45. The highest BCUT2D eigenvalue weighted by molar-refractivity contribution is 5.85. The fourth-order valence-electron chi connectivity index (χ4n) is 2.86. The van der Waals surface area contributed by atoms with E-state index in [1.165, 1.54) is 0 Å². The van der Waals surface area contributed by atoms with E-state index in [1.54, 1.807) is 12.1 Å². The summed E-state index contributed by atoms with van der Waals surface area (Å²) in [5, 5.41) is 3.67. The van der Waals surface area contributed by atoms with Crippen LogP contribution < -0.4 is 5.32 Å². The van der Waals surface area contributed by atoms with Crippen LogP contribution in [-0.2, 0) is 11.3 Å². The molecule has 0 aliphatic heterocycles. The van der Waals surface area contributed by atoms with Crippen molar-refractivity contribution in [2.45, 2.75) is 52.5 Å². The molecule has 1 saturated carbocycles. The van der Waals surface area contributed by atoms with Crippen LogP contribution in [0.1, 0.15) is 62.8 Å². The molecule has 5 heteroatoms. The smallest absolute Gasteiger partial charge is 0.264 e. The van der Waals surface area contributed by atoms with Crippen molar-refractivity contribution in [3.8, 4) is 0 Å². The highest BCUT2D eigenvalue weighted by Gasteiger charge is 2.44. The van der Waals surface area contributed by atoms with Crippen LogP contribution in [0, 0.1) is 5.41 Å². The summed E-state index contributed by atoms with van der Waals surface area (Å²) >= 11 is 0. The average Bonchev–Trinajstić information content (AvgIpc) is 3.11. The molecule has 1 heterocycles. The van der Waals surface area contributed by atoms with E-state index in [0.717, 1.165) is 29.4 Å². The van der Waals surface area contributed by atoms with Crippen LogP contribution in [0.3, 0.4) is 0 Å². The van der Waals surface area contributed by atoms with Crippen molar-refractivity contribution < 1.29 is 13.6 Å². The number of carbonyl (C=O) groups is 1. The Hall–Kier alpha value is -1.91. The number of amides is 1. The second-order valence-corrected chi connectivity index (χ2v) is 7.06. The first-order valence-corrected chi connectivity index (χ1v) is 8.02. The molecule has 2 aromatic rings. The van der Waals surface area contributed by atoms with E-state index in [0.29, 0.717) is 12.1 Å². The maximum Gasteiger partial charge on any atom is 0.264 e. The number of benzene rings is 1. The van der Waals surface area contributed by atoms with Crippen molar-refractivity contribution >= 4 is 16.8 Å². The van der Waals surface area contributed by atoms with Gasteiger partial charge in [0, 0.05) is 27.6 Å². The van der Waals surface area contributed by atoms with Gasteiger partial charge in [-0.25, -0.2) is 8.78 Å². The van der Waals surface area contributed by atoms with Crippen LogP contribution in [0.5, 0.6) is 0 Å². The number of hydrogen-bond acceptors (Lipinski definition) is 1. The Bertz CT molecular complexity index is 700. The van der Waals surface area contributed by atoms with Crippen LogP contribution in [0.15, 0.2) is 18.2 Å². The van der Waals surface area contributed by atoms with Gasteiger partial charge in [-0.05, 0) is 42.5 Å². The number of carbonyl (C=O) groups excluding carboxylic acids is 1. The van der Waals surface area contributed by atoms with Gasteiger partial charge in [0.1, 0.15) is 0 Å². The zero-order valence-electron chi connectivity index (χ0n) is 13.7. The fourth-order valence-corrected chi connectivity index (χ4v) is 2.86. The number of halogens is 2. The molecule has 0 atom stereocenters. The molecule has 1 aliphatic carbocycles. The Morgan fingerprint density at radius 1 is 1.26 bits per heavy atom. The van der Waals surface area contributed by atoms with Gasteiger partial charge in [-0.3, -0.25) is 4.79 Å². The van der Waals surface area contributed by atoms with E-state index in [9.17, 15) is 13.6 Å². The third-order valence-electron chi connectivity index (χ3n) is 4.72. The topological polar surface area (TPSA) is 44.9 Å². The zero-order valence-corrected chi connectivity index (χ0v) is 13.7. The van der Waals surface area contributed by atoms with Crippen molar-refractivity contribution in [1.82, 2.24) is 10.3 Å². The number of fused-ring (bicyclic) bond motifs is 1. The number of aromatic amines is 1. The predicted octanol–water partition coefficient (Wildman–Crippen LogP) is 4.65. The van der Waals surface area contributed by atoms with Gasteiger partial charge in [0.15, 0.2) is 0 Å². The fraction of sp³-hybridized carbons (Fsp3) is 0.500. The van der Waals surface area contributed by atoms with Gasteiger partial charge in [-0.2, -0.15) is 0 Å². The van der Waals surface area contributed by atoms with E-state index in [4.69, 9.17) is 0 Å². The third-order valence-corrected chi connectivity index (χ3v) is 4.72. The molecular formula is C18H22F2N2O. The summed E-state index contributed by atoms with van der Waals surface area (Å²) in [4.78, 5) is 15.2. The first-order valence-electron chi connectivity index (χ1n) is 8.02. The minimum Gasteiger partial charge on any atom is -0.357 e. The molecule has 1 aromatic heterocycles. The monoisotopic (exact) mass is 320 g/mol. The second kappa shape index (κ2) is 5.62. The maximum absolute atomic E-state index is 13.2. The molecule has 1 aromatic carbocycles. The second-order valence-electron chi connectivity index (χ2n) is 7.06. The SMILES string of the molecule is CC(C)c1cc2[nH]c(CNC(=O)C3(C)CC3)cc2cc1C(F)F. The minimum absolute atomic E-state index is 0.0321. The van der Waals surface area contributed by atoms with Gasteiger partial charge in [-0.15, -0.1) is 0 Å². The maximum atomic E-state index is 13.2. The lowest BCUT2D eigenvalue weighted by atomic mass is 9.96. The number of aromatic nitrogens is 1. The van der Waals surface area contributed by atoms with Gasteiger partial charge in [0.2, 0.25) is 5.91 Å². The standard InChI is InChI=1S/C18H22F2N2O/c1-10(2)13-8-15-11(7-14(13)16(19)20)6-12(22-15)9-21-17(23)18(3)4-5-18/h6-8,10,16,22H,4-5,9H2,1-3H3,(H,21,23). The molecular weight excluding hydrogens is 298 g/mol. The van der Waals surface area contributed by atoms with Crippen molar-refractivity contribution in [2.75, 3.05) is 0 Å². The van der Waals surface area contributed by atoms with E-state index in [-0.39, 0.29) is 22.8 Å². The average molecular weight is 320 g/mol. The van der Waals surface area contributed by atoms with Crippen LogP contribution in [0.25, 0.3) is 10.9 Å². The molecule has 0 bridgehead atoms. The predicted molar refractivity (Wildman–Crippen MR) is 86.5 cm³/mol. The molecule has 3 nitrogen and oxygen atoms in total. The molecule has 3 rings (SSSR count). The summed E-state index contributed by atoms with van der Waals surface area (Å²) in [7, 11) is 0.